The molecule has 4 N–H and O–H groups in total. The van der Waals surface area contributed by atoms with E-state index in [9.17, 15) is 4.79 Å². The summed E-state index contributed by atoms with van der Waals surface area (Å²) in [5.41, 5.74) is 9.25. The van der Waals surface area contributed by atoms with Gasteiger partial charge in [-0.05, 0) is 29.3 Å². The quantitative estimate of drug-likeness (QED) is 0.569. The summed E-state index contributed by atoms with van der Waals surface area (Å²) in [5.74, 6) is 1.32. The number of nitrogens with zero attached hydrogens (tertiary/aromatic N) is 2. The van der Waals surface area contributed by atoms with E-state index in [0.717, 1.165) is 16.7 Å². The van der Waals surface area contributed by atoms with Crippen LogP contribution in [0.4, 0.5) is 17.3 Å². The van der Waals surface area contributed by atoms with E-state index in [1.54, 1.807) is 13.1 Å². The summed E-state index contributed by atoms with van der Waals surface area (Å²) in [6.07, 6.45) is 2.11. The van der Waals surface area contributed by atoms with Crippen molar-refractivity contribution in [3.63, 3.8) is 0 Å². The number of fused-ring (bicyclic) bond motifs is 4. The minimum Gasteiger partial charge on any atom is -0.453 e. The Balaban J connectivity index is 2.18. The lowest BCUT2D eigenvalue weighted by Gasteiger charge is -2.20. The monoisotopic (exact) mass is 365 g/mol. The highest BCUT2D eigenvalue weighted by atomic mass is 16.5. The van der Waals surface area contributed by atoms with Crippen molar-refractivity contribution < 1.29 is 9.53 Å². The zero-order valence-corrected chi connectivity index (χ0v) is 15.5. The van der Waals surface area contributed by atoms with Crippen LogP contribution in [0.3, 0.4) is 0 Å². The Hall–Kier alpha value is -3.35. The highest BCUT2D eigenvalue weighted by Crippen LogP contribution is 2.33. The number of carbonyl (C=O) groups is 1. The molecule has 140 valence electrons. The van der Waals surface area contributed by atoms with Gasteiger partial charge in [0.15, 0.2) is 6.23 Å². The van der Waals surface area contributed by atoms with Crippen molar-refractivity contribution in [2.45, 2.75) is 26.0 Å². The predicted molar refractivity (Wildman–Crippen MR) is 109 cm³/mol. The Kier molecular flexibility index (Phi) is 5.40. The molecule has 2 heterocycles. The molecule has 1 unspecified atom stereocenters. The molecule has 1 aromatic heterocycles. The Morgan fingerprint density at radius 1 is 1.48 bits per heavy atom. The number of carbonyl (C=O) groups excluding carboxylic acids is 1. The van der Waals surface area contributed by atoms with E-state index in [4.69, 9.17) is 10.5 Å². The summed E-state index contributed by atoms with van der Waals surface area (Å²) in [7, 11) is 1.67. The lowest BCUT2D eigenvalue weighted by molar-refractivity contribution is -0.115. The average Bonchev–Trinajstić information content (AvgIpc) is 2.69. The van der Waals surface area contributed by atoms with Crippen LogP contribution < -0.4 is 16.4 Å². The summed E-state index contributed by atoms with van der Waals surface area (Å²) >= 11 is 0. The van der Waals surface area contributed by atoms with E-state index in [1.165, 1.54) is 0 Å². The molecular weight excluding hydrogens is 342 g/mol. The van der Waals surface area contributed by atoms with Crippen molar-refractivity contribution >= 4 is 29.1 Å². The Morgan fingerprint density at radius 2 is 2.30 bits per heavy atom. The first-order valence-electron chi connectivity index (χ1n) is 8.77. The van der Waals surface area contributed by atoms with Gasteiger partial charge in [0.1, 0.15) is 11.6 Å². The lowest BCUT2D eigenvalue weighted by atomic mass is 9.98. The third-order valence-corrected chi connectivity index (χ3v) is 4.18. The Morgan fingerprint density at radius 3 is 3.00 bits per heavy atom. The zero-order valence-electron chi connectivity index (χ0n) is 15.5. The molecule has 0 saturated heterocycles. The summed E-state index contributed by atoms with van der Waals surface area (Å²) in [6, 6.07) is 9.35. The number of nitrogen functional groups attached to an aromatic ring is 1. The van der Waals surface area contributed by atoms with E-state index in [1.807, 2.05) is 37.3 Å². The first-order chi connectivity index (χ1) is 13.0. The fraction of sp³-hybridized carbons (Fsp3) is 0.250. The molecule has 2 aromatic rings. The summed E-state index contributed by atoms with van der Waals surface area (Å²) in [6.45, 7) is 5.58. The number of pyridine rings is 1. The summed E-state index contributed by atoms with van der Waals surface area (Å²) < 4.78 is 6.06. The summed E-state index contributed by atoms with van der Waals surface area (Å²) in [5, 5.41) is 6.05. The molecule has 7 heteroatoms. The first kappa shape index (κ1) is 18.4. The van der Waals surface area contributed by atoms with Crippen LogP contribution in [-0.4, -0.2) is 30.1 Å². The number of anilines is 3. The fourth-order valence-corrected chi connectivity index (χ4v) is 2.94. The first-order valence-corrected chi connectivity index (χ1v) is 8.77. The molecule has 0 spiro atoms. The van der Waals surface area contributed by atoms with Crippen molar-refractivity contribution in [1.29, 1.82) is 0 Å². The smallest absolute Gasteiger partial charge is 0.229 e. The number of nitrogens with one attached hydrogen (secondary N) is 2. The van der Waals surface area contributed by atoms with E-state index in [0.29, 0.717) is 29.6 Å². The van der Waals surface area contributed by atoms with Crippen LogP contribution in [-0.2, 0) is 9.53 Å². The van der Waals surface area contributed by atoms with Gasteiger partial charge < -0.3 is 21.1 Å². The van der Waals surface area contributed by atoms with Gasteiger partial charge in [-0.3, -0.25) is 9.79 Å². The maximum absolute atomic E-state index is 12.0. The van der Waals surface area contributed by atoms with E-state index >= 15 is 0 Å². The zero-order chi connectivity index (χ0) is 19.4. The number of nitrogens with two attached hydrogens (primary N) is 1. The van der Waals surface area contributed by atoms with Gasteiger partial charge >= 0.3 is 0 Å². The van der Waals surface area contributed by atoms with Gasteiger partial charge in [0.2, 0.25) is 11.8 Å². The largest absolute Gasteiger partial charge is 0.453 e. The van der Waals surface area contributed by atoms with Crippen LogP contribution in [0.25, 0.3) is 11.1 Å². The van der Waals surface area contributed by atoms with E-state index in [-0.39, 0.29) is 18.6 Å². The summed E-state index contributed by atoms with van der Waals surface area (Å²) in [4.78, 5) is 20.8. The minimum absolute atomic E-state index is 0.178. The molecule has 1 atom stereocenters. The third kappa shape index (κ3) is 3.92. The van der Waals surface area contributed by atoms with Crippen molar-refractivity contribution in [3.8, 4) is 11.1 Å². The maximum atomic E-state index is 12.0. The number of ether oxygens (including phenoxy) is 1. The van der Waals surface area contributed by atoms with Gasteiger partial charge in [0.25, 0.3) is 0 Å². The fourth-order valence-electron chi connectivity index (χ4n) is 2.94. The Bertz CT molecular complexity index is 907. The van der Waals surface area contributed by atoms with Gasteiger partial charge in [0.05, 0.1) is 5.56 Å². The van der Waals surface area contributed by atoms with Crippen molar-refractivity contribution in [1.82, 2.24) is 4.98 Å². The number of amides is 1. The molecule has 7 nitrogen and oxygen atoms in total. The normalized spacial score (nSPS) is 16.8. The molecule has 27 heavy (non-hydrogen) atoms. The highest BCUT2D eigenvalue weighted by molar-refractivity contribution is 6.06. The maximum Gasteiger partial charge on any atom is 0.229 e. The van der Waals surface area contributed by atoms with Crippen LogP contribution in [0, 0.1) is 0 Å². The minimum atomic E-state index is -0.339. The number of rotatable bonds is 4. The SMILES string of the molecule is C=CCC(=O)Nc1cc2cc(n1)NC(CC)OC(=NC)c1c(N)cccc1-2. The Labute approximate surface area is 158 Å². The molecule has 0 radical (unpaired) electrons. The van der Waals surface area contributed by atoms with E-state index in [2.05, 4.69) is 27.2 Å². The van der Waals surface area contributed by atoms with Crippen molar-refractivity contribution in [2.75, 3.05) is 23.4 Å². The molecule has 0 saturated carbocycles. The molecule has 1 aliphatic rings. The van der Waals surface area contributed by atoms with Crippen LogP contribution in [0.1, 0.15) is 25.3 Å². The second-order valence-corrected chi connectivity index (χ2v) is 6.12. The van der Waals surface area contributed by atoms with Gasteiger partial charge in [-0.2, -0.15) is 0 Å². The molecule has 1 aromatic carbocycles. The second-order valence-electron chi connectivity index (χ2n) is 6.12. The van der Waals surface area contributed by atoms with Crippen LogP contribution >= 0.6 is 0 Å². The van der Waals surface area contributed by atoms with Gasteiger partial charge in [0, 0.05) is 25.6 Å². The van der Waals surface area contributed by atoms with E-state index < -0.39 is 0 Å². The lowest BCUT2D eigenvalue weighted by Crippen LogP contribution is -2.27. The predicted octanol–water partition coefficient (Wildman–Crippen LogP) is 3.40. The van der Waals surface area contributed by atoms with Gasteiger partial charge in [-0.25, -0.2) is 4.98 Å². The van der Waals surface area contributed by atoms with Crippen molar-refractivity contribution in [3.05, 3.63) is 48.6 Å². The number of hydrogen-bond donors (Lipinski definition) is 3. The number of hydrogen-bond acceptors (Lipinski definition) is 6. The molecule has 2 bridgehead atoms. The topological polar surface area (TPSA) is 102 Å². The standard InChI is InChI=1S/C20H23N5O2/c1-4-7-17(26)24-15-10-12-11-16(23-15)25-18(5-2)27-20(22-3)19-13(12)8-6-9-14(19)21/h4,6,8-11,18H,1,5,7,21H2,2-3H3,(H2,23,24,25,26). The van der Waals surface area contributed by atoms with Gasteiger partial charge in [-0.1, -0.05) is 25.1 Å². The number of benzene rings is 1. The number of aliphatic imine (C=N–C) groups is 1. The molecule has 0 aliphatic carbocycles. The van der Waals surface area contributed by atoms with Crippen LogP contribution in [0.2, 0.25) is 0 Å². The van der Waals surface area contributed by atoms with Crippen LogP contribution in [0.5, 0.6) is 0 Å². The molecular formula is C20H23N5O2. The second kappa shape index (κ2) is 7.90. The molecule has 0 fully saturated rings. The number of aromatic nitrogens is 1. The molecule has 1 amide bonds. The highest BCUT2D eigenvalue weighted by Gasteiger charge is 2.22. The molecule has 3 rings (SSSR count). The average molecular weight is 365 g/mol. The van der Waals surface area contributed by atoms with Gasteiger partial charge in [-0.15, -0.1) is 6.58 Å². The van der Waals surface area contributed by atoms with Crippen molar-refractivity contribution in [2.24, 2.45) is 4.99 Å². The third-order valence-electron chi connectivity index (χ3n) is 4.18. The molecule has 1 aliphatic heterocycles. The van der Waals surface area contributed by atoms with Crippen LogP contribution in [0.15, 0.2) is 48.0 Å².